The first-order valence-corrected chi connectivity index (χ1v) is 11.7. The lowest BCUT2D eigenvalue weighted by molar-refractivity contribution is -0.228. The fourth-order valence-electron chi connectivity index (χ4n) is 7.65. The second kappa shape index (κ2) is 7.65. The zero-order valence-electron chi connectivity index (χ0n) is 19.4. The lowest BCUT2D eigenvalue weighted by Gasteiger charge is -2.63. The molecule has 4 aliphatic carbocycles. The fourth-order valence-corrected chi connectivity index (χ4v) is 8.16. The average Bonchev–Trinajstić information content (AvgIpc) is 2.95. The summed E-state index contributed by atoms with van der Waals surface area (Å²) in [5, 5.41) is 22.2. The van der Waals surface area contributed by atoms with Gasteiger partial charge < -0.3 is 19.7 Å². The number of hydrogen-bond donors (Lipinski definition) is 2. The molecule has 0 aromatic heterocycles. The molecule has 3 saturated carbocycles. The number of alkyl halides is 2. The fraction of sp³-hybridized carbons (Fsp3) is 0.750. The second-order valence-corrected chi connectivity index (χ2v) is 11.0. The Labute approximate surface area is 197 Å². The van der Waals surface area contributed by atoms with Crippen LogP contribution < -0.4 is 0 Å². The van der Waals surface area contributed by atoms with Crippen molar-refractivity contribution in [2.24, 2.45) is 28.6 Å². The van der Waals surface area contributed by atoms with Gasteiger partial charge in [-0.15, -0.1) is 11.6 Å². The molecule has 0 spiro atoms. The number of carbonyl (C=O) groups excluding carboxylic acids is 2. The molecule has 0 aliphatic heterocycles. The van der Waals surface area contributed by atoms with Crippen LogP contribution in [0.4, 0.5) is 8.78 Å². The Bertz CT molecular complexity index is 949. The van der Waals surface area contributed by atoms with Gasteiger partial charge in [-0.2, -0.15) is 0 Å². The van der Waals surface area contributed by atoms with E-state index in [2.05, 4.69) is 0 Å². The van der Waals surface area contributed by atoms with Crippen molar-refractivity contribution in [1.29, 1.82) is 0 Å². The summed E-state index contributed by atoms with van der Waals surface area (Å²) in [5.74, 6) is -4.64. The van der Waals surface area contributed by atoms with Gasteiger partial charge >= 0.3 is 0 Å². The van der Waals surface area contributed by atoms with Crippen LogP contribution in [0, 0.1) is 28.6 Å². The number of aliphatic hydroxyl groups excluding tert-OH is 1. The zero-order chi connectivity index (χ0) is 24.7. The van der Waals surface area contributed by atoms with E-state index in [1.54, 1.807) is 13.8 Å². The van der Waals surface area contributed by atoms with Crippen molar-refractivity contribution in [2.45, 2.75) is 69.1 Å². The van der Waals surface area contributed by atoms with Gasteiger partial charge in [0.1, 0.15) is 5.60 Å². The Hall–Kier alpha value is -1.19. The number of ketones is 2. The van der Waals surface area contributed by atoms with E-state index in [1.165, 1.54) is 27.2 Å². The van der Waals surface area contributed by atoms with E-state index in [0.29, 0.717) is 6.42 Å². The van der Waals surface area contributed by atoms with Gasteiger partial charge in [-0.3, -0.25) is 9.59 Å². The van der Waals surface area contributed by atoms with Crippen LogP contribution in [0.25, 0.3) is 0 Å². The van der Waals surface area contributed by atoms with Crippen LogP contribution in [0.2, 0.25) is 0 Å². The summed E-state index contributed by atoms with van der Waals surface area (Å²) in [6, 6.07) is 0. The molecule has 0 saturated heterocycles. The number of rotatable bonds is 4. The average molecular weight is 489 g/mol. The van der Waals surface area contributed by atoms with Gasteiger partial charge in [0.2, 0.25) is 17.9 Å². The summed E-state index contributed by atoms with van der Waals surface area (Å²) >= 11 is 6.57. The van der Waals surface area contributed by atoms with Gasteiger partial charge in [-0.1, -0.05) is 19.9 Å². The first kappa shape index (κ1) is 24.9. The standard InChI is InChI=1S/C24H31ClF2O6/c1-11-8-12-13-9-14(25)17-18(26)15(28)6-7-21(17,2)23(13,27)16(29)10-22(12,3)24(11,31)19(30)20(32-4)33-5/h6-7,11-14,16,20,29,31H,8-10H2,1-5H3/t11-,12+,13+,14+,16-,21+,22+,23+,24+/m1/s1. The topological polar surface area (TPSA) is 93.1 Å². The molecular formula is C24H31ClF2O6. The monoisotopic (exact) mass is 488 g/mol. The van der Waals surface area contributed by atoms with Crippen molar-refractivity contribution in [3.8, 4) is 0 Å². The Morgan fingerprint density at radius 3 is 2.42 bits per heavy atom. The van der Waals surface area contributed by atoms with Crippen LogP contribution in [-0.4, -0.2) is 65.0 Å². The number of fused-ring (bicyclic) bond motifs is 5. The lowest BCUT2D eigenvalue weighted by Crippen LogP contribution is -2.71. The molecule has 6 nitrogen and oxygen atoms in total. The molecule has 0 aromatic rings. The van der Waals surface area contributed by atoms with Crippen molar-refractivity contribution < 1.29 is 38.1 Å². The molecule has 4 aliphatic rings. The summed E-state index contributed by atoms with van der Waals surface area (Å²) in [6.07, 6.45) is -0.643. The third-order valence-electron chi connectivity index (χ3n) is 9.31. The predicted molar refractivity (Wildman–Crippen MR) is 116 cm³/mol. The van der Waals surface area contributed by atoms with E-state index in [0.717, 1.165) is 6.08 Å². The van der Waals surface area contributed by atoms with Crippen LogP contribution in [0.5, 0.6) is 0 Å². The van der Waals surface area contributed by atoms with Crippen LogP contribution in [-0.2, 0) is 19.1 Å². The highest BCUT2D eigenvalue weighted by molar-refractivity contribution is 6.23. The summed E-state index contributed by atoms with van der Waals surface area (Å²) < 4.78 is 42.3. The van der Waals surface area contributed by atoms with Crippen molar-refractivity contribution >= 4 is 23.2 Å². The Morgan fingerprint density at radius 2 is 1.85 bits per heavy atom. The molecule has 0 radical (unpaired) electrons. The van der Waals surface area contributed by atoms with Crippen molar-refractivity contribution in [3.05, 3.63) is 23.6 Å². The van der Waals surface area contributed by atoms with Crippen LogP contribution >= 0.6 is 11.6 Å². The molecule has 0 aromatic carbocycles. The molecule has 184 valence electrons. The van der Waals surface area contributed by atoms with Gasteiger partial charge in [-0.05, 0) is 44.1 Å². The number of aliphatic hydroxyl groups is 2. The summed E-state index contributed by atoms with van der Waals surface area (Å²) in [4.78, 5) is 25.4. The summed E-state index contributed by atoms with van der Waals surface area (Å²) in [5.41, 5.74) is -7.29. The molecule has 33 heavy (non-hydrogen) atoms. The second-order valence-electron chi connectivity index (χ2n) is 10.5. The minimum Gasteiger partial charge on any atom is -0.390 e. The number of methoxy groups -OCH3 is 2. The molecule has 0 bridgehead atoms. The third kappa shape index (κ3) is 2.79. The van der Waals surface area contributed by atoms with E-state index < -0.39 is 75.0 Å². The van der Waals surface area contributed by atoms with E-state index in [9.17, 15) is 24.2 Å². The number of allylic oxidation sites excluding steroid dienone is 4. The number of Topliss-reactive ketones (excluding diaryl/α,β-unsaturated/α-hetero) is 1. The highest BCUT2D eigenvalue weighted by Crippen LogP contribution is 2.71. The highest BCUT2D eigenvalue weighted by atomic mass is 35.5. The normalized spacial score (nSPS) is 49.2. The maximum Gasteiger partial charge on any atom is 0.220 e. The maximum absolute atomic E-state index is 17.2. The molecule has 3 fully saturated rings. The van der Waals surface area contributed by atoms with Gasteiger partial charge in [0.25, 0.3) is 0 Å². The van der Waals surface area contributed by atoms with Crippen molar-refractivity contribution in [2.75, 3.05) is 14.2 Å². The minimum atomic E-state index is -2.34. The molecule has 2 N–H and O–H groups in total. The third-order valence-corrected chi connectivity index (χ3v) is 9.70. The molecule has 0 heterocycles. The predicted octanol–water partition coefficient (Wildman–Crippen LogP) is 3.04. The van der Waals surface area contributed by atoms with Crippen LogP contribution in [0.1, 0.15) is 40.0 Å². The first-order chi connectivity index (χ1) is 15.3. The smallest absolute Gasteiger partial charge is 0.220 e. The van der Waals surface area contributed by atoms with Crippen molar-refractivity contribution in [3.63, 3.8) is 0 Å². The van der Waals surface area contributed by atoms with Crippen LogP contribution in [0.3, 0.4) is 0 Å². The number of halogens is 3. The molecule has 4 rings (SSSR count). The van der Waals surface area contributed by atoms with Gasteiger partial charge in [-0.25, -0.2) is 8.78 Å². The molecule has 9 heteroatoms. The lowest BCUT2D eigenvalue weighted by atomic mass is 9.44. The van der Waals surface area contributed by atoms with E-state index in [-0.39, 0.29) is 18.4 Å². The molecule has 0 unspecified atom stereocenters. The maximum atomic E-state index is 17.2. The van der Waals surface area contributed by atoms with E-state index in [4.69, 9.17) is 21.1 Å². The summed E-state index contributed by atoms with van der Waals surface area (Å²) in [7, 11) is 2.58. The van der Waals surface area contributed by atoms with Crippen molar-refractivity contribution in [1.82, 2.24) is 0 Å². The number of carbonyl (C=O) groups is 2. The quantitative estimate of drug-likeness (QED) is 0.467. The molecular weight excluding hydrogens is 458 g/mol. The highest BCUT2D eigenvalue weighted by Gasteiger charge is 2.77. The largest absolute Gasteiger partial charge is 0.390 e. The van der Waals surface area contributed by atoms with Gasteiger partial charge in [0, 0.05) is 36.5 Å². The number of ether oxygens (including phenoxy) is 2. The summed E-state index contributed by atoms with van der Waals surface area (Å²) in [6.45, 7) is 4.85. The zero-order valence-corrected chi connectivity index (χ0v) is 20.2. The minimum absolute atomic E-state index is 0.0379. The van der Waals surface area contributed by atoms with Gasteiger partial charge in [0.05, 0.1) is 11.5 Å². The Balaban J connectivity index is 1.86. The molecule has 0 amide bonds. The SMILES string of the molecule is COC(OC)C(=O)[C@@]1(O)[C@H](C)C[C@H]2[C@@H]3C[C@H](Cl)C4=C(F)C(=O)C=C[C@]4(C)[C@@]3(F)[C@H](O)C[C@@]21C. The van der Waals surface area contributed by atoms with Gasteiger partial charge in [0.15, 0.2) is 11.5 Å². The van der Waals surface area contributed by atoms with E-state index in [1.807, 2.05) is 0 Å². The van der Waals surface area contributed by atoms with E-state index >= 15 is 4.39 Å². The number of hydrogen-bond acceptors (Lipinski definition) is 6. The van der Waals surface area contributed by atoms with Crippen LogP contribution in [0.15, 0.2) is 23.6 Å². The molecule has 9 atom stereocenters. The first-order valence-electron chi connectivity index (χ1n) is 11.2. The Morgan fingerprint density at radius 1 is 1.24 bits per heavy atom. The Kier molecular flexibility index (Phi) is 5.78.